The van der Waals surface area contributed by atoms with Crippen molar-refractivity contribution in [2.24, 2.45) is 5.73 Å². The number of nitrogens with zero attached hydrogens (tertiary/aromatic N) is 4. The van der Waals surface area contributed by atoms with E-state index < -0.39 is 0 Å². The monoisotopic (exact) mass is 293 g/mol. The Balaban J connectivity index is 1.85. The number of aromatic nitrogens is 3. The van der Waals surface area contributed by atoms with E-state index in [-0.39, 0.29) is 12.5 Å². The van der Waals surface area contributed by atoms with Crippen LogP contribution in [0.25, 0.3) is 0 Å². The van der Waals surface area contributed by atoms with Gasteiger partial charge in [0, 0.05) is 19.8 Å². The van der Waals surface area contributed by atoms with E-state index in [9.17, 15) is 4.79 Å². The van der Waals surface area contributed by atoms with E-state index >= 15 is 0 Å². The van der Waals surface area contributed by atoms with Crippen molar-refractivity contribution >= 4 is 17.2 Å². The molecule has 7 heteroatoms. The van der Waals surface area contributed by atoms with E-state index in [1.807, 2.05) is 23.0 Å². The average Bonchev–Trinajstić information content (AvgIpc) is 3.08. The van der Waals surface area contributed by atoms with Crippen LogP contribution in [-0.4, -0.2) is 39.4 Å². The Hall–Kier alpha value is -1.73. The average molecular weight is 293 g/mol. The third-order valence-corrected chi connectivity index (χ3v) is 3.68. The van der Waals surface area contributed by atoms with Crippen LogP contribution in [0.2, 0.25) is 0 Å². The SMILES string of the molecule is CN(Cc1ccsc1)C(=O)Cn1cc(CCCN)nn1. The third-order valence-electron chi connectivity index (χ3n) is 2.95. The van der Waals surface area contributed by atoms with Gasteiger partial charge in [0.25, 0.3) is 0 Å². The minimum atomic E-state index is 0.0199. The molecule has 0 saturated heterocycles. The number of amides is 1. The molecular formula is C13H19N5OS. The molecule has 0 fully saturated rings. The van der Waals surface area contributed by atoms with Crippen molar-refractivity contribution in [3.63, 3.8) is 0 Å². The molecule has 0 unspecified atom stereocenters. The van der Waals surface area contributed by atoms with Crippen molar-refractivity contribution in [2.75, 3.05) is 13.6 Å². The van der Waals surface area contributed by atoms with Crippen LogP contribution in [0.3, 0.4) is 0 Å². The van der Waals surface area contributed by atoms with Crippen molar-refractivity contribution in [3.05, 3.63) is 34.3 Å². The van der Waals surface area contributed by atoms with E-state index in [1.54, 1.807) is 28.0 Å². The normalized spacial score (nSPS) is 10.7. The van der Waals surface area contributed by atoms with Gasteiger partial charge in [-0.3, -0.25) is 4.79 Å². The van der Waals surface area contributed by atoms with Crippen LogP contribution in [0.5, 0.6) is 0 Å². The van der Waals surface area contributed by atoms with Gasteiger partial charge in [0.1, 0.15) is 6.54 Å². The molecule has 0 atom stereocenters. The molecule has 0 bridgehead atoms. The van der Waals surface area contributed by atoms with Gasteiger partial charge in [0.2, 0.25) is 5.91 Å². The molecule has 0 aliphatic rings. The molecule has 108 valence electrons. The summed E-state index contributed by atoms with van der Waals surface area (Å²) in [6, 6.07) is 2.02. The molecule has 0 aliphatic carbocycles. The maximum atomic E-state index is 12.1. The molecule has 2 aromatic heterocycles. The lowest BCUT2D eigenvalue weighted by Crippen LogP contribution is -2.29. The number of likely N-dealkylation sites (N-methyl/N-ethyl adjacent to an activating group) is 1. The van der Waals surface area contributed by atoms with Crippen molar-refractivity contribution in [1.29, 1.82) is 0 Å². The number of carbonyl (C=O) groups is 1. The molecule has 20 heavy (non-hydrogen) atoms. The van der Waals surface area contributed by atoms with Crippen molar-refractivity contribution in [3.8, 4) is 0 Å². The van der Waals surface area contributed by atoms with Crippen LogP contribution >= 0.6 is 11.3 Å². The molecule has 0 radical (unpaired) electrons. The molecule has 2 heterocycles. The van der Waals surface area contributed by atoms with E-state index in [0.29, 0.717) is 13.1 Å². The van der Waals surface area contributed by atoms with Gasteiger partial charge in [-0.2, -0.15) is 11.3 Å². The number of aryl methyl sites for hydroxylation is 1. The summed E-state index contributed by atoms with van der Waals surface area (Å²) < 4.78 is 1.58. The number of hydrogen-bond acceptors (Lipinski definition) is 5. The Bertz CT molecular complexity index is 537. The predicted octanol–water partition coefficient (Wildman–Crippen LogP) is 0.889. The van der Waals surface area contributed by atoms with Crippen LogP contribution in [0.1, 0.15) is 17.7 Å². The second kappa shape index (κ2) is 7.16. The Kier molecular flexibility index (Phi) is 5.25. The second-order valence-electron chi connectivity index (χ2n) is 4.68. The largest absolute Gasteiger partial charge is 0.340 e. The van der Waals surface area contributed by atoms with E-state index in [0.717, 1.165) is 24.1 Å². The lowest BCUT2D eigenvalue weighted by molar-refractivity contribution is -0.131. The van der Waals surface area contributed by atoms with Gasteiger partial charge in [0.15, 0.2) is 0 Å². The summed E-state index contributed by atoms with van der Waals surface area (Å²) in [7, 11) is 1.80. The van der Waals surface area contributed by atoms with Crippen molar-refractivity contribution in [1.82, 2.24) is 19.9 Å². The zero-order valence-electron chi connectivity index (χ0n) is 11.5. The van der Waals surface area contributed by atoms with Gasteiger partial charge in [-0.05, 0) is 41.8 Å². The molecule has 0 aromatic carbocycles. The highest BCUT2D eigenvalue weighted by Crippen LogP contribution is 2.08. The van der Waals surface area contributed by atoms with Gasteiger partial charge in [-0.1, -0.05) is 5.21 Å². The number of nitrogens with two attached hydrogens (primary N) is 1. The topological polar surface area (TPSA) is 77.0 Å². The third kappa shape index (κ3) is 4.14. The highest BCUT2D eigenvalue weighted by Gasteiger charge is 2.11. The van der Waals surface area contributed by atoms with Gasteiger partial charge >= 0.3 is 0 Å². The molecule has 2 aromatic rings. The van der Waals surface area contributed by atoms with Gasteiger partial charge in [-0.15, -0.1) is 5.10 Å². The predicted molar refractivity (Wildman–Crippen MR) is 78.2 cm³/mol. The first-order chi connectivity index (χ1) is 9.69. The van der Waals surface area contributed by atoms with Crippen LogP contribution in [0, 0.1) is 0 Å². The van der Waals surface area contributed by atoms with Crippen LogP contribution in [-0.2, 0) is 24.3 Å². The lowest BCUT2D eigenvalue weighted by atomic mass is 10.2. The second-order valence-corrected chi connectivity index (χ2v) is 5.46. The summed E-state index contributed by atoms with van der Waals surface area (Å²) in [6.45, 7) is 1.47. The van der Waals surface area contributed by atoms with E-state index in [4.69, 9.17) is 5.73 Å². The van der Waals surface area contributed by atoms with Crippen LogP contribution in [0.15, 0.2) is 23.0 Å². The number of thiophene rings is 1. The van der Waals surface area contributed by atoms with Crippen LogP contribution in [0.4, 0.5) is 0 Å². The standard InChI is InChI=1S/C13H19N5OS/c1-17(7-11-4-6-20-10-11)13(19)9-18-8-12(15-16-18)3-2-5-14/h4,6,8,10H,2-3,5,7,9,14H2,1H3. The fraction of sp³-hybridized carbons (Fsp3) is 0.462. The Morgan fingerprint density at radius 1 is 1.55 bits per heavy atom. The van der Waals surface area contributed by atoms with E-state index in [1.165, 1.54) is 0 Å². The maximum Gasteiger partial charge on any atom is 0.244 e. The Morgan fingerprint density at radius 3 is 3.10 bits per heavy atom. The Labute approximate surface area is 122 Å². The van der Waals surface area contributed by atoms with Crippen molar-refractivity contribution in [2.45, 2.75) is 25.9 Å². The first-order valence-electron chi connectivity index (χ1n) is 6.53. The summed E-state index contributed by atoms with van der Waals surface area (Å²) in [5, 5.41) is 12.1. The zero-order chi connectivity index (χ0) is 14.4. The highest BCUT2D eigenvalue weighted by molar-refractivity contribution is 7.07. The summed E-state index contributed by atoms with van der Waals surface area (Å²) in [5.74, 6) is 0.0199. The Morgan fingerprint density at radius 2 is 2.40 bits per heavy atom. The summed E-state index contributed by atoms with van der Waals surface area (Å²) in [4.78, 5) is 13.8. The van der Waals surface area contributed by atoms with Crippen molar-refractivity contribution < 1.29 is 4.79 Å². The molecule has 2 N–H and O–H groups in total. The molecule has 6 nitrogen and oxygen atoms in total. The fourth-order valence-corrected chi connectivity index (χ4v) is 2.48. The lowest BCUT2D eigenvalue weighted by Gasteiger charge is -2.16. The van der Waals surface area contributed by atoms with Crippen LogP contribution < -0.4 is 5.73 Å². The molecule has 1 amide bonds. The fourth-order valence-electron chi connectivity index (χ4n) is 1.82. The summed E-state index contributed by atoms with van der Waals surface area (Å²) >= 11 is 1.63. The molecule has 0 aliphatic heterocycles. The smallest absolute Gasteiger partial charge is 0.244 e. The highest BCUT2D eigenvalue weighted by atomic mass is 32.1. The molecule has 2 rings (SSSR count). The first-order valence-corrected chi connectivity index (χ1v) is 7.47. The quantitative estimate of drug-likeness (QED) is 0.822. The first kappa shape index (κ1) is 14.7. The summed E-state index contributed by atoms with van der Waals surface area (Å²) in [6.07, 6.45) is 3.49. The zero-order valence-corrected chi connectivity index (χ0v) is 12.3. The minimum Gasteiger partial charge on any atom is -0.340 e. The minimum absolute atomic E-state index is 0.0199. The summed E-state index contributed by atoms with van der Waals surface area (Å²) in [5.41, 5.74) is 7.48. The number of rotatable bonds is 7. The number of hydrogen-bond donors (Lipinski definition) is 1. The van der Waals surface area contributed by atoms with Gasteiger partial charge in [0.05, 0.1) is 5.69 Å². The molecule has 0 saturated carbocycles. The van der Waals surface area contributed by atoms with Gasteiger partial charge in [-0.25, -0.2) is 4.68 Å². The van der Waals surface area contributed by atoms with Gasteiger partial charge < -0.3 is 10.6 Å². The van der Waals surface area contributed by atoms with E-state index in [2.05, 4.69) is 10.3 Å². The molecular weight excluding hydrogens is 274 g/mol. The maximum absolute atomic E-state index is 12.1. The number of carbonyl (C=O) groups excluding carboxylic acids is 1. The molecule has 0 spiro atoms.